The van der Waals surface area contributed by atoms with E-state index in [1.165, 1.54) is 24.8 Å². The van der Waals surface area contributed by atoms with E-state index in [9.17, 15) is 0 Å². The van der Waals surface area contributed by atoms with Crippen molar-refractivity contribution in [2.24, 2.45) is 5.92 Å². The summed E-state index contributed by atoms with van der Waals surface area (Å²) in [5, 5.41) is 0. The smallest absolute Gasteiger partial charge is 0.0260 e. The van der Waals surface area contributed by atoms with E-state index in [1.54, 1.807) is 0 Å². The lowest BCUT2D eigenvalue weighted by Gasteiger charge is -1.90. The highest BCUT2D eigenvalue weighted by molar-refractivity contribution is 5.48. The van der Waals surface area contributed by atoms with Gasteiger partial charge in [-0.3, -0.25) is 0 Å². The van der Waals surface area contributed by atoms with Crippen LogP contribution in [-0.2, 0) is 0 Å². The molecule has 0 spiro atoms. The van der Waals surface area contributed by atoms with Crippen molar-refractivity contribution < 1.29 is 0 Å². The lowest BCUT2D eigenvalue weighted by molar-refractivity contribution is 0.866. The zero-order valence-electron chi connectivity index (χ0n) is 7.24. The van der Waals surface area contributed by atoms with Crippen LogP contribution in [0.15, 0.2) is 36.4 Å². The summed E-state index contributed by atoms with van der Waals surface area (Å²) in [5.41, 5.74) is 1.32. The second-order valence-corrected chi connectivity index (χ2v) is 3.49. The maximum absolute atomic E-state index is 2.30. The van der Waals surface area contributed by atoms with Crippen molar-refractivity contribution in [2.75, 3.05) is 0 Å². The second-order valence-electron chi connectivity index (χ2n) is 3.49. The van der Waals surface area contributed by atoms with Gasteiger partial charge in [-0.2, -0.15) is 0 Å². The molecule has 0 nitrogen and oxygen atoms in total. The Bertz CT molecular complexity index is 255. The van der Waals surface area contributed by atoms with E-state index < -0.39 is 0 Å². The molecule has 0 atom stereocenters. The zero-order chi connectivity index (χ0) is 8.23. The SMILES string of the molecule is C(=C/c1ccccc1)/CC1CC1. The Morgan fingerprint density at radius 2 is 1.92 bits per heavy atom. The fourth-order valence-corrected chi connectivity index (χ4v) is 1.31. The summed E-state index contributed by atoms with van der Waals surface area (Å²) < 4.78 is 0. The van der Waals surface area contributed by atoms with E-state index in [1.807, 2.05) is 0 Å². The van der Waals surface area contributed by atoms with E-state index in [0.717, 1.165) is 5.92 Å². The van der Waals surface area contributed by atoms with Crippen molar-refractivity contribution in [3.05, 3.63) is 42.0 Å². The van der Waals surface area contributed by atoms with Gasteiger partial charge in [-0.25, -0.2) is 0 Å². The van der Waals surface area contributed by atoms with Crippen molar-refractivity contribution in [1.82, 2.24) is 0 Å². The van der Waals surface area contributed by atoms with Crippen molar-refractivity contribution in [1.29, 1.82) is 0 Å². The first-order valence-electron chi connectivity index (χ1n) is 4.67. The van der Waals surface area contributed by atoms with Gasteiger partial charge in [0.05, 0.1) is 0 Å². The van der Waals surface area contributed by atoms with Crippen LogP contribution in [0.25, 0.3) is 6.08 Å². The Kier molecular flexibility index (Phi) is 2.26. The molecule has 0 heteroatoms. The Morgan fingerprint density at radius 1 is 1.17 bits per heavy atom. The molecule has 1 fully saturated rings. The minimum absolute atomic E-state index is 1.00. The van der Waals surface area contributed by atoms with E-state index in [2.05, 4.69) is 42.5 Å². The van der Waals surface area contributed by atoms with Crippen LogP contribution >= 0.6 is 0 Å². The van der Waals surface area contributed by atoms with Gasteiger partial charge >= 0.3 is 0 Å². The third-order valence-electron chi connectivity index (χ3n) is 2.28. The van der Waals surface area contributed by atoms with Crippen LogP contribution in [0.1, 0.15) is 24.8 Å². The monoisotopic (exact) mass is 158 g/mol. The van der Waals surface area contributed by atoms with Gasteiger partial charge in [0.15, 0.2) is 0 Å². The minimum Gasteiger partial charge on any atom is -0.0837 e. The molecule has 0 heterocycles. The second kappa shape index (κ2) is 3.57. The van der Waals surface area contributed by atoms with Crippen LogP contribution < -0.4 is 0 Å². The van der Waals surface area contributed by atoms with Gasteiger partial charge in [0.25, 0.3) is 0 Å². The highest BCUT2D eigenvalue weighted by atomic mass is 14.2. The van der Waals surface area contributed by atoms with Crippen LogP contribution in [0.2, 0.25) is 0 Å². The average molecular weight is 158 g/mol. The van der Waals surface area contributed by atoms with Crippen LogP contribution in [0, 0.1) is 5.92 Å². The van der Waals surface area contributed by atoms with E-state index >= 15 is 0 Å². The van der Waals surface area contributed by atoms with Gasteiger partial charge in [-0.05, 0) is 30.7 Å². The molecule has 0 unspecified atom stereocenters. The maximum atomic E-state index is 2.30. The molecule has 62 valence electrons. The molecule has 0 N–H and O–H groups in total. The van der Waals surface area contributed by atoms with Gasteiger partial charge in [0, 0.05) is 0 Å². The van der Waals surface area contributed by atoms with Crippen LogP contribution in [0.5, 0.6) is 0 Å². The van der Waals surface area contributed by atoms with E-state index in [0.29, 0.717) is 0 Å². The van der Waals surface area contributed by atoms with Crippen LogP contribution in [0.4, 0.5) is 0 Å². The molecule has 0 saturated heterocycles. The summed E-state index contributed by atoms with van der Waals surface area (Å²) >= 11 is 0. The molecule has 1 saturated carbocycles. The first-order valence-corrected chi connectivity index (χ1v) is 4.67. The number of hydrogen-bond donors (Lipinski definition) is 0. The fourth-order valence-electron chi connectivity index (χ4n) is 1.31. The summed E-state index contributed by atoms with van der Waals surface area (Å²) in [5.74, 6) is 1.00. The highest BCUT2D eigenvalue weighted by Crippen LogP contribution is 2.32. The summed E-state index contributed by atoms with van der Waals surface area (Å²) in [6, 6.07) is 10.5. The lowest BCUT2D eigenvalue weighted by Crippen LogP contribution is -1.70. The first-order chi connectivity index (χ1) is 5.95. The average Bonchev–Trinajstić information content (AvgIpc) is 2.90. The molecule has 1 aliphatic rings. The number of hydrogen-bond acceptors (Lipinski definition) is 0. The predicted molar refractivity (Wildman–Crippen MR) is 52.8 cm³/mol. The Morgan fingerprint density at radius 3 is 2.58 bits per heavy atom. The number of benzene rings is 1. The van der Waals surface area contributed by atoms with Gasteiger partial charge in [0.1, 0.15) is 0 Å². The van der Waals surface area contributed by atoms with Gasteiger partial charge < -0.3 is 0 Å². The van der Waals surface area contributed by atoms with Gasteiger partial charge in [-0.1, -0.05) is 42.5 Å². The molecule has 2 rings (SSSR count). The van der Waals surface area contributed by atoms with Gasteiger partial charge in [-0.15, -0.1) is 0 Å². The summed E-state index contributed by atoms with van der Waals surface area (Å²) in [4.78, 5) is 0. The van der Waals surface area contributed by atoms with E-state index in [4.69, 9.17) is 0 Å². The van der Waals surface area contributed by atoms with Gasteiger partial charge in [0.2, 0.25) is 0 Å². The van der Waals surface area contributed by atoms with Crippen molar-refractivity contribution in [3.8, 4) is 0 Å². The Labute approximate surface area is 73.9 Å². The third kappa shape index (κ3) is 2.23. The molecule has 0 radical (unpaired) electrons. The molecular formula is C12H14. The molecule has 12 heavy (non-hydrogen) atoms. The molecule has 0 bridgehead atoms. The molecular weight excluding hydrogens is 144 g/mol. The molecule has 1 aromatic carbocycles. The lowest BCUT2D eigenvalue weighted by atomic mass is 10.2. The molecule has 1 aliphatic carbocycles. The van der Waals surface area contributed by atoms with Crippen molar-refractivity contribution in [2.45, 2.75) is 19.3 Å². The first kappa shape index (κ1) is 7.60. The summed E-state index contributed by atoms with van der Waals surface area (Å²) in [7, 11) is 0. The van der Waals surface area contributed by atoms with Crippen molar-refractivity contribution >= 4 is 6.08 Å². The highest BCUT2D eigenvalue weighted by Gasteiger charge is 2.18. The topological polar surface area (TPSA) is 0 Å². The van der Waals surface area contributed by atoms with Crippen LogP contribution in [-0.4, -0.2) is 0 Å². The predicted octanol–water partition coefficient (Wildman–Crippen LogP) is 3.50. The zero-order valence-corrected chi connectivity index (χ0v) is 7.24. The summed E-state index contributed by atoms with van der Waals surface area (Å²) in [6.07, 6.45) is 8.68. The van der Waals surface area contributed by atoms with E-state index in [-0.39, 0.29) is 0 Å². The standard InChI is InChI=1S/C12H14/c1-2-5-11(6-3-1)7-4-8-12-9-10-12/h1-7,12H,8-10H2/b7-4-. The number of allylic oxidation sites excluding steroid dienone is 1. The number of rotatable bonds is 3. The largest absolute Gasteiger partial charge is 0.0837 e. The van der Waals surface area contributed by atoms with Crippen molar-refractivity contribution in [3.63, 3.8) is 0 Å². The molecule has 1 aromatic rings. The maximum Gasteiger partial charge on any atom is -0.0260 e. The molecule has 0 aliphatic heterocycles. The summed E-state index contributed by atoms with van der Waals surface area (Å²) in [6.45, 7) is 0. The molecule has 0 amide bonds. The Hall–Kier alpha value is -1.04. The molecule has 0 aromatic heterocycles. The normalized spacial score (nSPS) is 17.0. The third-order valence-corrected chi connectivity index (χ3v) is 2.28. The minimum atomic E-state index is 1.00. The fraction of sp³-hybridized carbons (Fsp3) is 0.333. The quantitative estimate of drug-likeness (QED) is 0.631. The van der Waals surface area contributed by atoms with Crippen LogP contribution in [0.3, 0.4) is 0 Å². The Balaban J connectivity index is 1.89.